The SMILES string of the molecule is CC(C)=CCC[C@H](C=O)[C@@H]1CC[C@@]2(C)C3=CC[C@H]4C(C)(C)C(=O)CC[C@]4(C)[C@H]3CC[C@@]12C. The Balaban J connectivity index is 1.65. The third-order valence-corrected chi connectivity index (χ3v) is 11.4. The predicted octanol–water partition coefficient (Wildman–Crippen LogP) is 7.72. The number of fused-ring (bicyclic) bond motifs is 5. The number of hydrogen-bond donors (Lipinski definition) is 0. The molecule has 0 bridgehead atoms. The van der Waals surface area contributed by atoms with E-state index in [0.29, 0.717) is 23.5 Å². The fraction of sp³-hybridized carbons (Fsp3) is 0.800. The van der Waals surface area contributed by atoms with E-state index in [-0.39, 0.29) is 27.6 Å². The van der Waals surface area contributed by atoms with Crippen molar-refractivity contribution in [3.8, 4) is 0 Å². The molecule has 0 heterocycles. The highest BCUT2D eigenvalue weighted by atomic mass is 16.1. The van der Waals surface area contributed by atoms with E-state index in [2.05, 4.69) is 60.6 Å². The molecule has 0 amide bonds. The first-order valence-electron chi connectivity index (χ1n) is 13.2. The molecule has 0 aromatic heterocycles. The number of hydrogen-bond acceptors (Lipinski definition) is 2. The van der Waals surface area contributed by atoms with Crippen LogP contribution in [0.4, 0.5) is 0 Å². The van der Waals surface area contributed by atoms with Crippen LogP contribution in [0.3, 0.4) is 0 Å². The number of carbonyl (C=O) groups excluding carboxylic acids is 2. The second kappa shape index (κ2) is 7.95. The minimum atomic E-state index is -0.206. The Labute approximate surface area is 196 Å². The Bertz CT molecular complexity index is 843. The van der Waals surface area contributed by atoms with Gasteiger partial charge in [-0.15, -0.1) is 0 Å². The lowest BCUT2D eigenvalue weighted by atomic mass is 9.41. The average Bonchev–Trinajstić information content (AvgIpc) is 3.00. The van der Waals surface area contributed by atoms with Crippen LogP contribution in [-0.2, 0) is 9.59 Å². The van der Waals surface area contributed by atoms with Gasteiger partial charge in [-0.25, -0.2) is 0 Å². The highest BCUT2D eigenvalue weighted by Gasteiger charge is 2.65. The van der Waals surface area contributed by atoms with Crippen LogP contribution in [0.2, 0.25) is 0 Å². The first-order valence-corrected chi connectivity index (χ1v) is 13.2. The maximum absolute atomic E-state index is 12.8. The molecule has 0 saturated heterocycles. The lowest BCUT2D eigenvalue weighted by molar-refractivity contribution is -0.146. The van der Waals surface area contributed by atoms with Crippen molar-refractivity contribution in [2.45, 2.75) is 106 Å². The lowest BCUT2D eigenvalue weighted by Gasteiger charge is -2.63. The minimum absolute atomic E-state index is 0.174. The van der Waals surface area contributed by atoms with Gasteiger partial charge >= 0.3 is 0 Å². The molecule has 4 aliphatic carbocycles. The maximum atomic E-state index is 12.8. The van der Waals surface area contributed by atoms with Crippen LogP contribution in [-0.4, -0.2) is 12.1 Å². The highest BCUT2D eigenvalue weighted by Crippen LogP contribution is 2.73. The molecule has 32 heavy (non-hydrogen) atoms. The quantitative estimate of drug-likeness (QED) is 0.325. The van der Waals surface area contributed by atoms with Gasteiger partial charge in [0.15, 0.2) is 0 Å². The number of allylic oxidation sites excluding steroid dienone is 4. The molecule has 0 aliphatic heterocycles. The molecule has 4 aliphatic rings. The zero-order chi connectivity index (χ0) is 23.5. The summed E-state index contributed by atoms with van der Waals surface area (Å²) in [6.07, 6.45) is 15.9. The molecule has 2 heteroatoms. The van der Waals surface area contributed by atoms with Gasteiger partial charge in [-0.05, 0) is 99.2 Å². The van der Waals surface area contributed by atoms with Gasteiger partial charge < -0.3 is 4.79 Å². The summed E-state index contributed by atoms with van der Waals surface area (Å²) in [5, 5.41) is 0. The highest BCUT2D eigenvalue weighted by molar-refractivity contribution is 5.85. The molecule has 0 spiro atoms. The second-order valence-corrected chi connectivity index (χ2v) is 13.2. The molecule has 0 N–H and O–H groups in total. The normalized spacial score (nSPS) is 43.4. The van der Waals surface area contributed by atoms with Gasteiger partial charge in [0, 0.05) is 17.8 Å². The Morgan fingerprint density at radius 3 is 2.47 bits per heavy atom. The molecule has 178 valence electrons. The molecule has 2 nitrogen and oxygen atoms in total. The summed E-state index contributed by atoms with van der Waals surface area (Å²) in [4.78, 5) is 25.0. The van der Waals surface area contributed by atoms with Gasteiger partial charge in [-0.3, -0.25) is 4.79 Å². The van der Waals surface area contributed by atoms with E-state index in [4.69, 9.17) is 0 Å². The molecule has 3 saturated carbocycles. The van der Waals surface area contributed by atoms with Gasteiger partial charge in [-0.2, -0.15) is 0 Å². The Hall–Kier alpha value is -1.18. The fourth-order valence-electron chi connectivity index (χ4n) is 9.17. The summed E-state index contributed by atoms with van der Waals surface area (Å²) >= 11 is 0. The largest absolute Gasteiger partial charge is 0.303 e. The molecular weight excluding hydrogens is 392 g/mol. The average molecular weight is 439 g/mol. The van der Waals surface area contributed by atoms with Crippen LogP contribution in [0.1, 0.15) is 106 Å². The zero-order valence-electron chi connectivity index (χ0n) is 21.7. The van der Waals surface area contributed by atoms with E-state index in [9.17, 15) is 9.59 Å². The predicted molar refractivity (Wildman–Crippen MR) is 132 cm³/mol. The van der Waals surface area contributed by atoms with Crippen molar-refractivity contribution in [3.05, 3.63) is 23.3 Å². The Kier molecular flexibility index (Phi) is 5.95. The van der Waals surface area contributed by atoms with E-state index in [1.165, 1.54) is 37.5 Å². The first-order chi connectivity index (χ1) is 14.9. The van der Waals surface area contributed by atoms with Crippen LogP contribution < -0.4 is 0 Å². The van der Waals surface area contributed by atoms with Gasteiger partial charge in [0.2, 0.25) is 0 Å². The van der Waals surface area contributed by atoms with Crippen molar-refractivity contribution in [2.24, 2.45) is 45.3 Å². The summed E-state index contributed by atoms with van der Waals surface area (Å²) in [7, 11) is 0. The van der Waals surface area contributed by atoms with Crippen molar-refractivity contribution >= 4 is 12.1 Å². The smallest absolute Gasteiger partial charge is 0.138 e. The van der Waals surface area contributed by atoms with Crippen molar-refractivity contribution < 1.29 is 9.59 Å². The van der Waals surface area contributed by atoms with Gasteiger partial charge in [0.25, 0.3) is 0 Å². The van der Waals surface area contributed by atoms with Gasteiger partial charge in [0.1, 0.15) is 12.1 Å². The first kappa shape index (κ1) is 24.0. The summed E-state index contributed by atoms with van der Waals surface area (Å²) in [6, 6.07) is 0. The molecule has 7 atom stereocenters. The van der Waals surface area contributed by atoms with Crippen molar-refractivity contribution in [2.75, 3.05) is 0 Å². The van der Waals surface area contributed by atoms with E-state index >= 15 is 0 Å². The zero-order valence-corrected chi connectivity index (χ0v) is 21.7. The molecular formula is C30H46O2. The maximum Gasteiger partial charge on any atom is 0.138 e. The second-order valence-electron chi connectivity index (χ2n) is 13.2. The van der Waals surface area contributed by atoms with Gasteiger partial charge in [-0.1, -0.05) is 57.9 Å². The van der Waals surface area contributed by atoms with Crippen molar-refractivity contribution in [1.82, 2.24) is 0 Å². The fourth-order valence-corrected chi connectivity index (χ4v) is 9.17. The van der Waals surface area contributed by atoms with E-state index in [1.54, 1.807) is 5.57 Å². The third kappa shape index (κ3) is 3.25. The van der Waals surface area contributed by atoms with Crippen molar-refractivity contribution in [3.63, 3.8) is 0 Å². The standard InChI is InChI=1S/C30H46O2/c1-20(2)9-8-10-21(19-31)22-13-17-30(7)24-11-12-25-27(3,4)26(32)15-16-28(25,5)23(24)14-18-29(22,30)6/h9,11,19,21-23,25H,8,10,12-18H2,1-7H3/t21-,22+,23+,25+,28-,29+,30+/m1/s1. The summed E-state index contributed by atoms with van der Waals surface area (Å²) in [5.41, 5.74) is 3.47. The molecule has 0 radical (unpaired) electrons. The summed E-state index contributed by atoms with van der Waals surface area (Å²) < 4.78 is 0. The van der Waals surface area contributed by atoms with E-state index in [1.807, 2.05) is 0 Å². The van der Waals surface area contributed by atoms with E-state index < -0.39 is 0 Å². The summed E-state index contributed by atoms with van der Waals surface area (Å²) in [5.74, 6) is 2.20. The lowest BCUT2D eigenvalue weighted by Crippen LogP contribution is -2.57. The third-order valence-electron chi connectivity index (χ3n) is 11.4. The van der Waals surface area contributed by atoms with Gasteiger partial charge in [0.05, 0.1) is 0 Å². The van der Waals surface area contributed by atoms with Crippen LogP contribution >= 0.6 is 0 Å². The van der Waals surface area contributed by atoms with Crippen LogP contribution in [0.15, 0.2) is 23.3 Å². The molecule has 0 aromatic rings. The minimum Gasteiger partial charge on any atom is -0.303 e. The van der Waals surface area contributed by atoms with Crippen LogP contribution in [0.25, 0.3) is 0 Å². The molecule has 0 aromatic carbocycles. The Morgan fingerprint density at radius 1 is 1.09 bits per heavy atom. The molecule has 3 fully saturated rings. The Morgan fingerprint density at radius 2 is 1.81 bits per heavy atom. The van der Waals surface area contributed by atoms with E-state index in [0.717, 1.165) is 32.1 Å². The van der Waals surface area contributed by atoms with Crippen LogP contribution in [0, 0.1) is 45.3 Å². The van der Waals surface area contributed by atoms with Crippen LogP contribution in [0.5, 0.6) is 0 Å². The number of carbonyl (C=O) groups is 2. The monoisotopic (exact) mass is 438 g/mol. The number of Topliss-reactive ketones (excluding diaryl/α,β-unsaturated/α-hetero) is 1. The topological polar surface area (TPSA) is 34.1 Å². The molecule has 4 rings (SSSR count). The number of ketones is 1. The number of rotatable bonds is 5. The summed E-state index contributed by atoms with van der Waals surface area (Å²) in [6.45, 7) is 16.3. The number of aldehydes is 1. The van der Waals surface area contributed by atoms with Crippen molar-refractivity contribution in [1.29, 1.82) is 0 Å². The molecule has 0 unspecified atom stereocenters.